The zero-order chi connectivity index (χ0) is 16.4. The summed E-state index contributed by atoms with van der Waals surface area (Å²) < 4.78 is 8.36. The van der Waals surface area contributed by atoms with E-state index in [1.54, 1.807) is 18.4 Å². The van der Waals surface area contributed by atoms with E-state index in [0.29, 0.717) is 12.3 Å². The summed E-state index contributed by atoms with van der Waals surface area (Å²) in [4.78, 5) is 12.7. The van der Waals surface area contributed by atoms with E-state index in [4.69, 9.17) is 4.74 Å². The van der Waals surface area contributed by atoms with Gasteiger partial charge in [-0.05, 0) is 49.1 Å². The van der Waals surface area contributed by atoms with Crippen molar-refractivity contribution in [3.05, 3.63) is 53.0 Å². The summed E-state index contributed by atoms with van der Waals surface area (Å²) in [5.74, 6) is -0.0864. The van der Waals surface area contributed by atoms with Crippen LogP contribution in [0.4, 0.5) is 5.69 Å². The van der Waals surface area contributed by atoms with Crippen molar-refractivity contribution in [1.29, 1.82) is 0 Å². The summed E-state index contributed by atoms with van der Waals surface area (Å²) >= 11 is 1.66. The Morgan fingerprint density at radius 1 is 1.30 bits per heavy atom. The van der Waals surface area contributed by atoms with Gasteiger partial charge in [0, 0.05) is 18.8 Å². The number of fused-ring (bicyclic) bond motifs is 1. The fourth-order valence-corrected chi connectivity index (χ4v) is 3.59. The SMILES string of the molecule is COCc1cccc(NC(=O)c2cc3sccc3n2C(C)C)c1. The lowest BCUT2D eigenvalue weighted by atomic mass is 10.2. The average Bonchev–Trinajstić information content (AvgIpc) is 3.07. The number of carbonyl (C=O) groups excluding carboxylic acids is 1. The van der Waals surface area contributed by atoms with Crippen LogP contribution in [0.2, 0.25) is 0 Å². The first-order valence-corrected chi connectivity index (χ1v) is 8.45. The van der Waals surface area contributed by atoms with Crippen LogP contribution in [-0.2, 0) is 11.3 Å². The quantitative estimate of drug-likeness (QED) is 0.739. The first-order valence-electron chi connectivity index (χ1n) is 7.58. The molecular formula is C18H20N2O2S. The minimum Gasteiger partial charge on any atom is -0.380 e. The van der Waals surface area contributed by atoms with Gasteiger partial charge in [0.25, 0.3) is 5.91 Å². The minimum absolute atomic E-state index is 0.0864. The molecule has 3 aromatic rings. The van der Waals surface area contributed by atoms with E-state index >= 15 is 0 Å². The van der Waals surface area contributed by atoms with Gasteiger partial charge in [0.05, 0.1) is 16.8 Å². The molecule has 0 atom stereocenters. The highest BCUT2D eigenvalue weighted by atomic mass is 32.1. The van der Waals surface area contributed by atoms with Crippen LogP contribution < -0.4 is 5.32 Å². The number of hydrogen-bond donors (Lipinski definition) is 1. The van der Waals surface area contributed by atoms with Crippen LogP contribution >= 0.6 is 11.3 Å². The smallest absolute Gasteiger partial charge is 0.272 e. The molecule has 0 fully saturated rings. The third kappa shape index (κ3) is 3.16. The summed E-state index contributed by atoms with van der Waals surface area (Å²) in [6.45, 7) is 4.71. The molecule has 5 heteroatoms. The van der Waals surface area contributed by atoms with Gasteiger partial charge in [-0.2, -0.15) is 0 Å². The van der Waals surface area contributed by atoms with Crippen LogP contribution in [0.3, 0.4) is 0 Å². The number of methoxy groups -OCH3 is 1. The molecule has 0 saturated carbocycles. The van der Waals surface area contributed by atoms with Crippen LogP contribution in [0.5, 0.6) is 0 Å². The number of nitrogens with zero attached hydrogens (tertiary/aromatic N) is 1. The second kappa shape index (κ2) is 6.56. The first-order chi connectivity index (χ1) is 11.1. The maximum Gasteiger partial charge on any atom is 0.272 e. The Bertz CT molecular complexity index is 833. The molecule has 0 spiro atoms. The molecule has 0 aliphatic rings. The highest BCUT2D eigenvalue weighted by Crippen LogP contribution is 2.29. The van der Waals surface area contributed by atoms with Gasteiger partial charge in [0.1, 0.15) is 5.69 Å². The fraction of sp³-hybridized carbons (Fsp3) is 0.278. The van der Waals surface area contributed by atoms with Crippen LogP contribution in [0, 0.1) is 0 Å². The van der Waals surface area contributed by atoms with Crippen molar-refractivity contribution in [2.24, 2.45) is 0 Å². The number of hydrogen-bond acceptors (Lipinski definition) is 3. The molecule has 2 aromatic heterocycles. The molecule has 1 amide bonds. The number of amides is 1. The molecule has 2 heterocycles. The Labute approximate surface area is 139 Å². The van der Waals surface area contributed by atoms with E-state index < -0.39 is 0 Å². The molecule has 4 nitrogen and oxygen atoms in total. The zero-order valence-corrected chi connectivity index (χ0v) is 14.3. The Morgan fingerprint density at radius 2 is 2.13 bits per heavy atom. The second-order valence-electron chi connectivity index (χ2n) is 5.75. The largest absolute Gasteiger partial charge is 0.380 e. The summed E-state index contributed by atoms with van der Waals surface area (Å²) in [6, 6.07) is 12.0. The second-order valence-corrected chi connectivity index (χ2v) is 6.70. The lowest BCUT2D eigenvalue weighted by Gasteiger charge is -2.14. The number of benzene rings is 1. The van der Waals surface area contributed by atoms with Crippen molar-refractivity contribution >= 4 is 33.1 Å². The number of anilines is 1. The van der Waals surface area contributed by atoms with Gasteiger partial charge in [-0.15, -0.1) is 11.3 Å². The first kappa shape index (κ1) is 15.8. The summed E-state index contributed by atoms with van der Waals surface area (Å²) in [7, 11) is 1.66. The van der Waals surface area contributed by atoms with Gasteiger partial charge in [0.2, 0.25) is 0 Å². The Hall–Kier alpha value is -2.11. The molecule has 23 heavy (non-hydrogen) atoms. The summed E-state index contributed by atoms with van der Waals surface area (Å²) in [5.41, 5.74) is 3.62. The molecule has 3 rings (SSSR count). The highest BCUT2D eigenvalue weighted by molar-refractivity contribution is 7.17. The zero-order valence-electron chi connectivity index (χ0n) is 13.5. The van der Waals surface area contributed by atoms with Gasteiger partial charge in [-0.25, -0.2) is 0 Å². The van der Waals surface area contributed by atoms with Crippen LogP contribution in [0.25, 0.3) is 10.2 Å². The summed E-state index contributed by atoms with van der Waals surface area (Å²) in [6.07, 6.45) is 0. The van der Waals surface area contributed by atoms with Crippen molar-refractivity contribution in [3.63, 3.8) is 0 Å². The van der Waals surface area contributed by atoms with Crippen LogP contribution in [0.1, 0.15) is 35.9 Å². The highest BCUT2D eigenvalue weighted by Gasteiger charge is 2.18. The van der Waals surface area contributed by atoms with Crippen molar-refractivity contribution in [2.45, 2.75) is 26.5 Å². The molecule has 1 N–H and O–H groups in total. The third-order valence-corrected chi connectivity index (χ3v) is 4.56. The summed E-state index contributed by atoms with van der Waals surface area (Å²) in [5, 5.41) is 5.05. The van der Waals surface area contributed by atoms with E-state index in [1.165, 1.54) is 0 Å². The van der Waals surface area contributed by atoms with Gasteiger partial charge < -0.3 is 14.6 Å². The monoisotopic (exact) mass is 328 g/mol. The Balaban J connectivity index is 1.90. The maximum atomic E-state index is 12.7. The maximum absolute atomic E-state index is 12.7. The molecule has 120 valence electrons. The Morgan fingerprint density at radius 3 is 2.87 bits per heavy atom. The van der Waals surface area contributed by atoms with Crippen molar-refractivity contribution in [1.82, 2.24) is 4.57 Å². The number of thiophene rings is 1. The molecule has 1 aromatic carbocycles. The van der Waals surface area contributed by atoms with Crippen LogP contribution in [-0.4, -0.2) is 17.6 Å². The molecule has 0 saturated heterocycles. The van der Waals surface area contributed by atoms with Gasteiger partial charge in [-0.1, -0.05) is 12.1 Å². The number of carbonyl (C=O) groups is 1. The van der Waals surface area contributed by atoms with E-state index in [1.807, 2.05) is 30.3 Å². The predicted octanol–water partition coefficient (Wildman–Crippen LogP) is 4.68. The normalized spacial score (nSPS) is 11.3. The Kier molecular flexibility index (Phi) is 4.50. The number of aromatic nitrogens is 1. The number of nitrogens with one attached hydrogen (secondary N) is 1. The predicted molar refractivity (Wildman–Crippen MR) is 95.3 cm³/mol. The van der Waals surface area contributed by atoms with Crippen molar-refractivity contribution < 1.29 is 9.53 Å². The minimum atomic E-state index is -0.0864. The molecule has 0 radical (unpaired) electrons. The molecular weight excluding hydrogens is 308 g/mol. The van der Waals surface area contributed by atoms with E-state index in [0.717, 1.165) is 21.5 Å². The third-order valence-electron chi connectivity index (χ3n) is 3.71. The van der Waals surface area contributed by atoms with Crippen molar-refractivity contribution in [3.8, 4) is 0 Å². The molecule has 0 aliphatic heterocycles. The van der Waals surface area contributed by atoms with E-state index in [9.17, 15) is 4.79 Å². The van der Waals surface area contributed by atoms with Gasteiger partial charge >= 0.3 is 0 Å². The number of ether oxygens (including phenoxy) is 1. The average molecular weight is 328 g/mol. The van der Waals surface area contributed by atoms with Gasteiger partial charge in [-0.3, -0.25) is 4.79 Å². The fourth-order valence-electron chi connectivity index (χ4n) is 2.78. The lowest BCUT2D eigenvalue weighted by Crippen LogP contribution is -2.18. The van der Waals surface area contributed by atoms with Crippen molar-refractivity contribution in [2.75, 3.05) is 12.4 Å². The standard InChI is InChI=1S/C18H20N2O2S/c1-12(2)20-15-7-8-23-17(15)10-16(20)18(21)19-14-6-4-5-13(9-14)11-22-3/h4-10,12H,11H2,1-3H3,(H,19,21). The molecule has 0 bridgehead atoms. The van der Waals surface area contributed by atoms with Gasteiger partial charge in [0.15, 0.2) is 0 Å². The lowest BCUT2D eigenvalue weighted by molar-refractivity contribution is 0.101. The van der Waals surface area contributed by atoms with E-state index in [2.05, 4.69) is 35.2 Å². The topological polar surface area (TPSA) is 43.3 Å². The van der Waals surface area contributed by atoms with Crippen LogP contribution in [0.15, 0.2) is 41.8 Å². The number of rotatable bonds is 5. The molecule has 0 aliphatic carbocycles. The molecule has 0 unspecified atom stereocenters. The van der Waals surface area contributed by atoms with E-state index in [-0.39, 0.29) is 11.9 Å².